The minimum atomic E-state index is -0.173. The molecule has 0 aromatic carbocycles. The molecule has 1 aromatic heterocycles. The molecule has 1 aromatic rings. The molecule has 6 nitrogen and oxygen atoms in total. The molecule has 21 heavy (non-hydrogen) atoms. The number of carbonyl (C=O) groups excluding carboxylic acids is 1. The van der Waals surface area contributed by atoms with E-state index in [4.69, 9.17) is 10.5 Å². The maximum absolute atomic E-state index is 11.3. The van der Waals surface area contributed by atoms with E-state index in [0.29, 0.717) is 37.6 Å². The Balaban J connectivity index is 2.66. The first-order valence-electron chi connectivity index (χ1n) is 7.29. The number of carbonyl (C=O) groups is 1. The summed E-state index contributed by atoms with van der Waals surface area (Å²) in [6.45, 7) is 10.9. The summed E-state index contributed by atoms with van der Waals surface area (Å²) in [6.07, 6.45) is 1.08. The highest BCUT2D eigenvalue weighted by molar-refractivity contribution is 5.69. The van der Waals surface area contributed by atoms with Gasteiger partial charge < -0.3 is 15.8 Å². The van der Waals surface area contributed by atoms with E-state index < -0.39 is 0 Å². The second-order valence-electron chi connectivity index (χ2n) is 5.99. The average molecular weight is 294 g/mol. The van der Waals surface area contributed by atoms with Crippen molar-refractivity contribution in [2.45, 2.75) is 52.9 Å². The van der Waals surface area contributed by atoms with Crippen LogP contribution in [0.25, 0.3) is 0 Å². The average Bonchev–Trinajstić information content (AvgIpc) is 2.38. The van der Waals surface area contributed by atoms with Crippen LogP contribution in [0.5, 0.6) is 0 Å². The summed E-state index contributed by atoms with van der Waals surface area (Å²) in [7, 11) is 0. The minimum absolute atomic E-state index is 0.164. The number of esters is 1. The van der Waals surface area contributed by atoms with Gasteiger partial charge in [-0.15, -0.1) is 0 Å². The highest BCUT2D eigenvalue weighted by Crippen LogP contribution is 2.24. The Hall–Kier alpha value is -1.85. The van der Waals surface area contributed by atoms with Crippen molar-refractivity contribution in [3.8, 4) is 0 Å². The summed E-state index contributed by atoms with van der Waals surface area (Å²) in [4.78, 5) is 20.1. The highest BCUT2D eigenvalue weighted by atomic mass is 16.5. The fourth-order valence-electron chi connectivity index (χ4n) is 1.71. The van der Waals surface area contributed by atoms with Crippen LogP contribution in [-0.4, -0.2) is 29.1 Å². The topological polar surface area (TPSA) is 90.1 Å². The Labute approximate surface area is 126 Å². The van der Waals surface area contributed by atoms with Crippen LogP contribution in [0.4, 0.5) is 11.6 Å². The second kappa shape index (κ2) is 7.24. The van der Waals surface area contributed by atoms with Crippen LogP contribution in [-0.2, 0) is 14.9 Å². The number of nitrogens with zero attached hydrogens (tertiary/aromatic N) is 2. The first kappa shape index (κ1) is 17.2. The molecule has 1 rings (SSSR count). The lowest BCUT2D eigenvalue weighted by Crippen LogP contribution is -2.20. The number of hydrogen-bond acceptors (Lipinski definition) is 6. The predicted molar refractivity (Wildman–Crippen MR) is 84.2 cm³/mol. The molecule has 1 heterocycles. The molecular formula is C15H26N4O2. The molecule has 3 N–H and O–H groups in total. The van der Waals surface area contributed by atoms with Crippen molar-refractivity contribution in [1.82, 2.24) is 9.97 Å². The van der Waals surface area contributed by atoms with Gasteiger partial charge in [0.1, 0.15) is 17.5 Å². The van der Waals surface area contributed by atoms with E-state index in [-0.39, 0.29) is 11.4 Å². The number of rotatable bonds is 6. The first-order chi connectivity index (χ1) is 9.75. The Morgan fingerprint density at radius 3 is 2.57 bits per heavy atom. The number of nitrogens with one attached hydrogen (secondary N) is 1. The van der Waals surface area contributed by atoms with Gasteiger partial charge in [0.25, 0.3) is 0 Å². The van der Waals surface area contributed by atoms with Gasteiger partial charge in [-0.25, -0.2) is 9.97 Å². The van der Waals surface area contributed by atoms with E-state index in [2.05, 4.69) is 15.3 Å². The van der Waals surface area contributed by atoms with E-state index in [0.717, 1.165) is 11.4 Å². The zero-order valence-corrected chi connectivity index (χ0v) is 13.6. The monoisotopic (exact) mass is 294 g/mol. The Morgan fingerprint density at radius 2 is 2.00 bits per heavy atom. The number of hydrogen-bond donors (Lipinski definition) is 2. The van der Waals surface area contributed by atoms with Crippen molar-refractivity contribution in [3.63, 3.8) is 0 Å². The smallest absolute Gasteiger partial charge is 0.305 e. The number of anilines is 2. The van der Waals surface area contributed by atoms with Crippen molar-refractivity contribution in [2.24, 2.45) is 0 Å². The zero-order chi connectivity index (χ0) is 16.0. The number of nitrogen functional groups attached to an aromatic ring is 1. The lowest BCUT2D eigenvalue weighted by Gasteiger charge is -2.19. The lowest BCUT2D eigenvalue weighted by atomic mass is 9.95. The standard InChI is InChI=1S/C15H26N4O2/c1-6-21-11(20)8-7-9-17-13-10(2)12(16)18-14(19-13)15(3,4)5/h6-9H2,1-5H3,(H3,16,17,18,19). The van der Waals surface area contributed by atoms with Crippen LogP contribution in [0.2, 0.25) is 0 Å². The summed E-state index contributed by atoms with van der Waals surface area (Å²) < 4.78 is 4.89. The molecule has 0 atom stereocenters. The van der Waals surface area contributed by atoms with Gasteiger partial charge in [-0.2, -0.15) is 0 Å². The molecule has 0 saturated heterocycles. The maximum atomic E-state index is 11.3. The molecule has 0 bridgehead atoms. The number of aromatic nitrogens is 2. The van der Waals surface area contributed by atoms with Gasteiger partial charge in [-0.1, -0.05) is 20.8 Å². The third-order valence-electron chi connectivity index (χ3n) is 3.01. The summed E-state index contributed by atoms with van der Waals surface area (Å²) in [5.74, 6) is 1.76. The van der Waals surface area contributed by atoms with Gasteiger partial charge in [0, 0.05) is 23.9 Å². The molecule has 6 heteroatoms. The van der Waals surface area contributed by atoms with Gasteiger partial charge in [0.05, 0.1) is 6.61 Å². The van der Waals surface area contributed by atoms with E-state index in [1.54, 1.807) is 6.92 Å². The van der Waals surface area contributed by atoms with E-state index >= 15 is 0 Å². The van der Waals surface area contributed by atoms with Gasteiger partial charge in [-0.3, -0.25) is 4.79 Å². The molecule has 118 valence electrons. The largest absolute Gasteiger partial charge is 0.466 e. The molecule has 0 aliphatic rings. The van der Waals surface area contributed by atoms with Crippen LogP contribution < -0.4 is 11.1 Å². The van der Waals surface area contributed by atoms with E-state index in [1.807, 2.05) is 27.7 Å². The highest BCUT2D eigenvalue weighted by Gasteiger charge is 2.20. The van der Waals surface area contributed by atoms with Crippen LogP contribution in [0.3, 0.4) is 0 Å². The predicted octanol–water partition coefficient (Wildman–Crippen LogP) is 2.42. The van der Waals surface area contributed by atoms with E-state index in [9.17, 15) is 4.79 Å². The zero-order valence-electron chi connectivity index (χ0n) is 13.6. The van der Waals surface area contributed by atoms with Crippen molar-refractivity contribution >= 4 is 17.6 Å². The summed E-state index contributed by atoms with van der Waals surface area (Å²) in [6, 6.07) is 0. The molecule has 0 unspecified atom stereocenters. The second-order valence-corrected chi connectivity index (χ2v) is 5.99. The molecule has 0 saturated carbocycles. The third kappa shape index (κ3) is 5.21. The van der Waals surface area contributed by atoms with Crippen molar-refractivity contribution in [2.75, 3.05) is 24.2 Å². The van der Waals surface area contributed by atoms with Crippen LogP contribution in [0.15, 0.2) is 0 Å². The Kier molecular flexibility index (Phi) is 5.93. The van der Waals surface area contributed by atoms with Gasteiger partial charge in [-0.05, 0) is 20.3 Å². The van der Waals surface area contributed by atoms with Crippen molar-refractivity contribution in [1.29, 1.82) is 0 Å². The molecule has 0 fully saturated rings. The molecule has 0 spiro atoms. The first-order valence-corrected chi connectivity index (χ1v) is 7.29. The van der Waals surface area contributed by atoms with Crippen LogP contribution >= 0.6 is 0 Å². The third-order valence-corrected chi connectivity index (χ3v) is 3.01. The Morgan fingerprint density at radius 1 is 1.33 bits per heavy atom. The molecule has 0 aliphatic heterocycles. The Bertz CT molecular complexity index is 495. The van der Waals surface area contributed by atoms with Crippen LogP contribution in [0, 0.1) is 6.92 Å². The van der Waals surface area contributed by atoms with Crippen LogP contribution in [0.1, 0.15) is 51.9 Å². The normalized spacial score (nSPS) is 11.3. The maximum Gasteiger partial charge on any atom is 0.305 e. The van der Waals surface area contributed by atoms with Crippen molar-refractivity contribution < 1.29 is 9.53 Å². The van der Waals surface area contributed by atoms with Gasteiger partial charge in [0.15, 0.2) is 0 Å². The number of ether oxygens (including phenoxy) is 1. The SMILES string of the molecule is CCOC(=O)CCCNc1nc(C(C)(C)C)nc(N)c1C. The number of nitrogens with two attached hydrogens (primary N) is 1. The molecule has 0 radical (unpaired) electrons. The molecule has 0 aliphatic carbocycles. The molecular weight excluding hydrogens is 268 g/mol. The van der Waals surface area contributed by atoms with E-state index in [1.165, 1.54) is 0 Å². The minimum Gasteiger partial charge on any atom is -0.466 e. The fraction of sp³-hybridized carbons (Fsp3) is 0.667. The summed E-state index contributed by atoms with van der Waals surface area (Å²) in [5.41, 5.74) is 6.61. The molecule has 0 amide bonds. The van der Waals surface area contributed by atoms with Crippen molar-refractivity contribution in [3.05, 3.63) is 11.4 Å². The summed E-state index contributed by atoms with van der Waals surface area (Å²) in [5, 5.41) is 3.22. The van der Waals surface area contributed by atoms with Gasteiger partial charge in [0.2, 0.25) is 0 Å². The quantitative estimate of drug-likeness (QED) is 0.618. The fourth-order valence-corrected chi connectivity index (χ4v) is 1.71. The van der Waals surface area contributed by atoms with Gasteiger partial charge >= 0.3 is 5.97 Å². The lowest BCUT2D eigenvalue weighted by molar-refractivity contribution is -0.143. The summed E-state index contributed by atoms with van der Waals surface area (Å²) >= 11 is 0.